The molecule has 1 atom stereocenters. The van der Waals surface area contributed by atoms with Crippen molar-refractivity contribution in [2.45, 2.75) is 26.8 Å². The monoisotopic (exact) mass is 284 g/mol. The Morgan fingerprint density at radius 1 is 1.19 bits per heavy atom. The molecule has 0 bridgehead atoms. The molecule has 0 spiro atoms. The summed E-state index contributed by atoms with van der Waals surface area (Å²) in [6, 6.07) is 6.40. The van der Waals surface area contributed by atoms with Gasteiger partial charge >= 0.3 is 0 Å². The van der Waals surface area contributed by atoms with Crippen molar-refractivity contribution in [3.8, 4) is 0 Å². The summed E-state index contributed by atoms with van der Waals surface area (Å²) in [5, 5.41) is 0. The van der Waals surface area contributed by atoms with E-state index in [1.54, 1.807) is 18.2 Å². The molecule has 2 amide bonds. The number of benzene rings is 1. The lowest BCUT2D eigenvalue weighted by Gasteiger charge is -2.22. The highest BCUT2D eigenvalue weighted by Crippen LogP contribution is 2.35. The first kappa shape index (κ1) is 13.4. The van der Waals surface area contributed by atoms with Crippen molar-refractivity contribution < 1.29 is 14.0 Å². The van der Waals surface area contributed by atoms with Crippen LogP contribution in [0.4, 0.5) is 5.69 Å². The number of hydrogen-bond donors (Lipinski definition) is 1. The summed E-state index contributed by atoms with van der Waals surface area (Å²) >= 11 is 0. The van der Waals surface area contributed by atoms with Crippen LogP contribution in [0.15, 0.2) is 28.7 Å². The van der Waals surface area contributed by atoms with E-state index in [2.05, 4.69) is 0 Å². The third-order valence-corrected chi connectivity index (χ3v) is 3.90. The molecule has 108 valence electrons. The van der Waals surface area contributed by atoms with Crippen molar-refractivity contribution >= 4 is 17.5 Å². The molecule has 1 aliphatic heterocycles. The fourth-order valence-electron chi connectivity index (χ4n) is 2.89. The fourth-order valence-corrected chi connectivity index (χ4v) is 2.89. The number of amides is 2. The molecule has 3 rings (SSSR count). The molecule has 1 aliphatic rings. The summed E-state index contributed by atoms with van der Waals surface area (Å²) in [4.78, 5) is 26.3. The molecule has 0 aliphatic carbocycles. The van der Waals surface area contributed by atoms with Gasteiger partial charge in [-0.3, -0.25) is 14.5 Å². The second-order valence-corrected chi connectivity index (χ2v) is 5.29. The van der Waals surface area contributed by atoms with Crippen LogP contribution in [0.25, 0.3) is 0 Å². The van der Waals surface area contributed by atoms with Crippen LogP contribution in [0.5, 0.6) is 0 Å². The lowest BCUT2D eigenvalue weighted by atomic mass is 10.1. The Balaban J connectivity index is 2.06. The highest BCUT2D eigenvalue weighted by Gasteiger charge is 2.40. The van der Waals surface area contributed by atoms with Crippen molar-refractivity contribution in [2.24, 2.45) is 0 Å². The van der Waals surface area contributed by atoms with E-state index < -0.39 is 6.04 Å². The molecule has 2 heterocycles. The zero-order chi connectivity index (χ0) is 15.3. The average Bonchev–Trinajstić information content (AvgIpc) is 2.88. The largest absolute Gasteiger partial charge is 0.466 e. The number of aryl methyl sites for hydroxylation is 2. The highest BCUT2D eigenvalue weighted by molar-refractivity contribution is 6.23. The minimum Gasteiger partial charge on any atom is -0.466 e. The van der Waals surface area contributed by atoms with Crippen molar-refractivity contribution in [3.05, 3.63) is 52.5 Å². The molecule has 1 aromatic heterocycles. The number of fused-ring (bicyclic) bond motifs is 1. The van der Waals surface area contributed by atoms with E-state index in [9.17, 15) is 9.59 Å². The summed E-state index contributed by atoms with van der Waals surface area (Å²) in [7, 11) is 0. The SMILES string of the molecule is Cc1cc(C(C)N2C(=O)c3cccc(N)c3C2=O)c(C)o1. The molecule has 21 heavy (non-hydrogen) atoms. The van der Waals surface area contributed by atoms with Gasteiger partial charge in [0.15, 0.2) is 0 Å². The molecular formula is C16H16N2O3. The Kier molecular flexibility index (Phi) is 2.86. The minimum absolute atomic E-state index is 0.298. The number of nitrogen functional groups attached to an aromatic ring is 1. The fraction of sp³-hybridized carbons (Fsp3) is 0.250. The second kappa shape index (κ2) is 4.48. The molecule has 2 N–H and O–H groups in total. The molecule has 0 fully saturated rings. The van der Waals surface area contributed by atoms with Gasteiger partial charge in [0.1, 0.15) is 11.5 Å². The lowest BCUT2D eigenvalue weighted by molar-refractivity contribution is 0.0595. The summed E-state index contributed by atoms with van der Waals surface area (Å²) in [6.07, 6.45) is 0. The Hall–Kier alpha value is -2.56. The number of carbonyl (C=O) groups is 2. The molecule has 1 unspecified atom stereocenters. The Labute approximate surface area is 122 Å². The van der Waals surface area contributed by atoms with Crippen molar-refractivity contribution in [1.29, 1.82) is 0 Å². The predicted molar refractivity (Wildman–Crippen MR) is 78.0 cm³/mol. The van der Waals surface area contributed by atoms with E-state index in [0.29, 0.717) is 22.6 Å². The lowest BCUT2D eigenvalue weighted by Crippen LogP contribution is -2.32. The van der Waals surface area contributed by atoms with Crippen molar-refractivity contribution in [3.63, 3.8) is 0 Å². The first-order valence-corrected chi connectivity index (χ1v) is 6.75. The number of hydrogen-bond acceptors (Lipinski definition) is 4. The normalized spacial score (nSPS) is 15.5. The smallest absolute Gasteiger partial charge is 0.264 e. The van der Waals surface area contributed by atoms with Crippen LogP contribution in [0.3, 0.4) is 0 Å². The summed E-state index contributed by atoms with van der Waals surface area (Å²) in [6.45, 7) is 5.48. The maximum atomic E-state index is 12.6. The van der Waals surface area contributed by atoms with Gasteiger partial charge in [-0.15, -0.1) is 0 Å². The van der Waals surface area contributed by atoms with Crippen LogP contribution in [-0.4, -0.2) is 16.7 Å². The topological polar surface area (TPSA) is 76.5 Å². The highest BCUT2D eigenvalue weighted by atomic mass is 16.3. The van der Waals surface area contributed by atoms with E-state index in [-0.39, 0.29) is 11.8 Å². The Morgan fingerprint density at radius 2 is 1.90 bits per heavy atom. The first-order valence-electron chi connectivity index (χ1n) is 6.75. The Morgan fingerprint density at radius 3 is 2.48 bits per heavy atom. The third kappa shape index (κ3) is 1.85. The van der Waals surface area contributed by atoms with Crippen LogP contribution in [0, 0.1) is 13.8 Å². The molecule has 0 saturated carbocycles. The zero-order valence-electron chi connectivity index (χ0n) is 12.1. The summed E-state index contributed by atoms with van der Waals surface area (Å²) < 4.78 is 5.49. The van der Waals surface area contributed by atoms with Gasteiger partial charge in [-0.25, -0.2) is 0 Å². The summed E-state index contributed by atoms with van der Waals surface area (Å²) in [5.74, 6) is 0.807. The second-order valence-electron chi connectivity index (χ2n) is 5.29. The standard InChI is InChI=1S/C16H16N2O3/c1-8-7-12(10(3)21-8)9(2)18-15(19)11-5-4-6-13(17)14(11)16(18)20/h4-7,9H,17H2,1-3H3. The summed E-state index contributed by atoms with van der Waals surface area (Å²) in [5.41, 5.74) is 7.67. The molecular weight excluding hydrogens is 268 g/mol. The molecule has 0 radical (unpaired) electrons. The number of nitrogens with two attached hydrogens (primary N) is 1. The predicted octanol–water partition coefficient (Wildman–Crippen LogP) is 2.84. The number of carbonyl (C=O) groups excluding carboxylic acids is 2. The number of rotatable bonds is 2. The quantitative estimate of drug-likeness (QED) is 0.679. The maximum absolute atomic E-state index is 12.6. The molecule has 5 nitrogen and oxygen atoms in total. The van der Waals surface area contributed by atoms with E-state index in [4.69, 9.17) is 10.2 Å². The van der Waals surface area contributed by atoms with Crippen LogP contribution in [0.1, 0.15) is 50.8 Å². The average molecular weight is 284 g/mol. The first-order chi connectivity index (χ1) is 9.91. The van der Waals surface area contributed by atoms with E-state index in [1.165, 1.54) is 4.90 Å². The van der Waals surface area contributed by atoms with E-state index in [1.807, 2.05) is 26.8 Å². The maximum Gasteiger partial charge on any atom is 0.264 e. The van der Waals surface area contributed by atoms with Gasteiger partial charge in [-0.05, 0) is 39.0 Å². The number of furan rings is 1. The minimum atomic E-state index is -0.394. The van der Waals surface area contributed by atoms with Crippen molar-refractivity contribution in [2.75, 3.05) is 5.73 Å². The van der Waals surface area contributed by atoms with E-state index >= 15 is 0 Å². The molecule has 2 aromatic rings. The van der Waals surface area contributed by atoms with Gasteiger partial charge in [0, 0.05) is 11.3 Å². The molecule has 0 saturated heterocycles. The van der Waals surface area contributed by atoms with Gasteiger partial charge in [-0.2, -0.15) is 0 Å². The van der Waals surface area contributed by atoms with E-state index in [0.717, 1.165) is 11.3 Å². The van der Waals surface area contributed by atoms with Crippen LogP contribution < -0.4 is 5.73 Å². The number of imide groups is 1. The molecule has 1 aromatic carbocycles. The Bertz CT molecular complexity index is 761. The van der Waals surface area contributed by atoms with Crippen LogP contribution in [-0.2, 0) is 0 Å². The number of anilines is 1. The zero-order valence-corrected chi connectivity index (χ0v) is 12.1. The third-order valence-electron chi connectivity index (χ3n) is 3.90. The van der Waals surface area contributed by atoms with Gasteiger partial charge in [0.05, 0.1) is 17.2 Å². The van der Waals surface area contributed by atoms with Gasteiger partial charge < -0.3 is 10.2 Å². The van der Waals surface area contributed by atoms with Crippen LogP contribution in [0.2, 0.25) is 0 Å². The van der Waals surface area contributed by atoms with Gasteiger partial charge in [0.2, 0.25) is 0 Å². The molecule has 5 heteroatoms. The van der Waals surface area contributed by atoms with Gasteiger partial charge in [-0.1, -0.05) is 6.07 Å². The van der Waals surface area contributed by atoms with Crippen LogP contribution >= 0.6 is 0 Å². The number of nitrogens with zero attached hydrogens (tertiary/aromatic N) is 1. The van der Waals surface area contributed by atoms with Crippen molar-refractivity contribution in [1.82, 2.24) is 4.90 Å². The van der Waals surface area contributed by atoms with Gasteiger partial charge in [0.25, 0.3) is 11.8 Å².